The molecule has 0 radical (unpaired) electrons. The van der Waals surface area contributed by atoms with Gasteiger partial charge in [0.05, 0.1) is 24.1 Å². The second kappa shape index (κ2) is 10.8. The highest BCUT2D eigenvalue weighted by Crippen LogP contribution is 2.33. The molecule has 0 aromatic carbocycles. The van der Waals surface area contributed by atoms with Crippen LogP contribution >= 0.6 is 22.7 Å². The van der Waals surface area contributed by atoms with E-state index in [0.717, 1.165) is 34.0 Å². The van der Waals surface area contributed by atoms with Gasteiger partial charge in [-0.2, -0.15) is 0 Å². The lowest BCUT2D eigenvalue weighted by Crippen LogP contribution is -2.34. The summed E-state index contributed by atoms with van der Waals surface area (Å²) in [4.78, 5) is 48.7. The van der Waals surface area contributed by atoms with Crippen LogP contribution in [0.25, 0.3) is 10.2 Å². The van der Waals surface area contributed by atoms with E-state index in [9.17, 15) is 14.4 Å². The van der Waals surface area contributed by atoms with Crippen LogP contribution in [0, 0.1) is 27.7 Å². The van der Waals surface area contributed by atoms with E-state index in [-0.39, 0.29) is 24.6 Å². The molecule has 3 rings (SSSR count). The van der Waals surface area contributed by atoms with Gasteiger partial charge in [-0.25, -0.2) is 9.78 Å². The van der Waals surface area contributed by atoms with E-state index in [4.69, 9.17) is 9.72 Å². The number of nitrogens with zero attached hydrogens (tertiary/aromatic N) is 3. The highest BCUT2D eigenvalue weighted by atomic mass is 32.1. The average Bonchev–Trinajstić information content (AvgIpc) is 3.23. The van der Waals surface area contributed by atoms with Gasteiger partial charge < -0.3 is 10.1 Å². The van der Waals surface area contributed by atoms with E-state index in [1.54, 1.807) is 6.92 Å². The van der Waals surface area contributed by atoms with E-state index < -0.39 is 5.97 Å². The zero-order chi connectivity index (χ0) is 25.2. The topological polar surface area (TPSA) is 93.5 Å². The molecule has 0 saturated carbocycles. The molecule has 0 aliphatic rings. The first kappa shape index (κ1) is 26.1. The van der Waals surface area contributed by atoms with Crippen LogP contribution in [0.5, 0.6) is 0 Å². The lowest BCUT2D eigenvalue weighted by atomic mass is 10.1. The van der Waals surface area contributed by atoms with Crippen LogP contribution in [-0.4, -0.2) is 46.0 Å². The third-order valence-electron chi connectivity index (χ3n) is 6.05. The molecule has 0 atom stereocenters. The molecule has 184 valence electrons. The van der Waals surface area contributed by atoms with Crippen molar-refractivity contribution in [2.24, 2.45) is 0 Å². The van der Waals surface area contributed by atoms with Gasteiger partial charge in [0.2, 0.25) is 5.91 Å². The number of amides is 1. The van der Waals surface area contributed by atoms with Crippen LogP contribution in [0.2, 0.25) is 0 Å². The Morgan fingerprint density at radius 3 is 2.29 bits per heavy atom. The summed E-state index contributed by atoms with van der Waals surface area (Å²) in [7, 11) is 0. The number of hydrogen-bond acceptors (Lipinski definition) is 8. The maximum atomic E-state index is 13.5. The third kappa shape index (κ3) is 5.08. The van der Waals surface area contributed by atoms with Gasteiger partial charge in [0.15, 0.2) is 0 Å². The molecule has 3 aromatic heterocycles. The minimum Gasteiger partial charge on any atom is -0.462 e. The van der Waals surface area contributed by atoms with Gasteiger partial charge in [0.25, 0.3) is 5.56 Å². The lowest BCUT2D eigenvalue weighted by molar-refractivity contribution is -0.116. The molecule has 1 N–H and O–H groups in total. The minimum absolute atomic E-state index is 0.190. The van der Waals surface area contributed by atoms with Crippen molar-refractivity contribution < 1.29 is 14.3 Å². The van der Waals surface area contributed by atoms with Crippen LogP contribution in [0.3, 0.4) is 0 Å². The molecule has 34 heavy (non-hydrogen) atoms. The van der Waals surface area contributed by atoms with Crippen molar-refractivity contribution in [2.75, 3.05) is 25.0 Å². The molecule has 0 fully saturated rings. The Morgan fingerprint density at radius 2 is 1.68 bits per heavy atom. The number of anilines is 1. The first-order chi connectivity index (χ1) is 16.1. The zero-order valence-corrected chi connectivity index (χ0v) is 22.5. The third-order valence-corrected chi connectivity index (χ3v) is 8.27. The highest BCUT2D eigenvalue weighted by molar-refractivity contribution is 7.18. The molecule has 0 spiro atoms. The van der Waals surface area contributed by atoms with Crippen molar-refractivity contribution in [2.45, 2.75) is 61.6 Å². The smallest absolute Gasteiger partial charge is 0.341 e. The first-order valence-corrected chi connectivity index (χ1v) is 13.0. The Bertz CT molecular complexity index is 1280. The summed E-state index contributed by atoms with van der Waals surface area (Å²) in [6.07, 6.45) is 0. The number of fused-ring (bicyclic) bond motifs is 1. The van der Waals surface area contributed by atoms with Gasteiger partial charge in [-0.3, -0.25) is 19.1 Å². The summed E-state index contributed by atoms with van der Waals surface area (Å²) in [6.45, 7) is 15.6. The fourth-order valence-corrected chi connectivity index (χ4v) is 5.88. The zero-order valence-electron chi connectivity index (χ0n) is 20.8. The molecule has 0 saturated heterocycles. The van der Waals surface area contributed by atoms with Crippen LogP contribution < -0.4 is 10.9 Å². The number of aromatic nitrogens is 2. The van der Waals surface area contributed by atoms with Gasteiger partial charge in [0.1, 0.15) is 22.2 Å². The Morgan fingerprint density at radius 1 is 1.03 bits per heavy atom. The molecule has 1 amide bonds. The number of nitrogens with one attached hydrogen (secondary N) is 1. The Labute approximate surface area is 207 Å². The van der Waals surface area contributed by atoms with Gasteiger partial charge >= 0.3 is 5.97 Å². The highest BCUT2D eigenvalue weighted by Gasteiger charge is 2.24. The lowest BCUT2D eigenvalue weighted by Gasteiger charge is -2.20. The normalized spacial score (nSPS) is 11.4. The number of hydrogen-bond donors (Lipinski definition) is 1. The van der Waals surface area contributed by atoms with Crippen LogP contribution in [-0.2, 0) is 22.6 Å². The summed E-state index contributed by atoms with van der Waals surface area (Å²) in [5, 5.41) is 3.85. The molecule has 0 aliphatic carbocycles. The maximum absolute atomic E-state index is 13.5. The maximum Gasteiger partial charge on any atom is 0.341 e. The van der Waals surface area contributed by atoms with Crippen LogP contribution in [0.1, 0.15) is 57.8 Å². The second-order valence-electron chi connectivity index (χ2n) is 8.10. The summed E-state index contributed by atoms with van der Waals surface area (Å²) >= 11 is 2.83. The number of thiophene rings is 2. The Hall–Kier alpha value is -2.56. The second-order valence-corrected chi connectivity index (χ2v) is 10.5. The summed E-state index contributed by atoms with van der Waals surface area (Å²) < 4.78 is 6.64. The van der Waals surface area contributed by atoms with Crippen molar-refractivity contribution in [3.8, 4) is 0 Å². The SMILES string of the molecule is CCOC(=O)c1c(NC(=O)Cn2c(CN(CC)CC)nc3sc(C)c(C)c3c2=O)sc(C)c1C. The predicted octanol–water partition coefficient (Wildman–Crippen LogP) is 4.41. The molecule has 10 heteroatoms. The predicted molar refractivity (Wildman–Crippen MR) is 138 cm³/mol. The number of ether oxygens (including phenoxy) is 1. The van der Waals surface area contributed by atoms with Gasteiger partial charge in [-0.1, -0.05) is 13.8 Å². The van der Waals surface area contributed by atoms with Crippen molar-refractivity contribution in [3.63, 3.8) is 0 Å². The van der Waals surface area contributed by atoms with Crippen molar-refractivity contribution in [1.82, 2.24) is 14.5 Å². The summed E-state index contributed by atoms with van der Waals surface area (Å²) in [5.41, 5.74) is 1.83. The van der Waals surface area contributed by atoms with E-state index in [1.165, 1.54) is 27.2 Å². The number of esters is 1. The van der Waals surface area contributed by atoms with Crippen LogP contribution in [0.4, 0.5) is 5.00 Å². The van der Waals surface area contributed by atoms with Gasteiger partial charge in [-0.05, 0) is 58.8 Å². The molecule has 0 bridgehead atoms. The quantitative estimate of drug-likeness (QED) is 0.434. The fraction of sp³-hybridized carbons (Fsp3) is 0.500. The van der Waals surface area contributed by atoms with Gasteiger partial charge in [-0.15, -0.1) is 22.7 Å². The molecule has 0 aliphatic heterocycles. The van der Waals surface area contributed by atoms with E-state index >= 15 is 0 Å². The molecular formula is C24H32N4O4S2. The minimum atomic E-state index is -0.466. The summed E-state index contributed by atoms with van der Waals surface area (Å²) in [6, 6.07) is 0. The molecule has 8 nitrogen and oxygen atoms in total. The first-order valence-electron chi connectivity index (χ1n) is 11.4. The monoisotopic (exact) mass is 504 g/mol. The van der Waals surface area contributed by atoms with E-state index in [0.29, 0.717) is 33.2 Å². The van der Waals surface area contributed by atoms with Crippen molar-refractivity contribution in [3.05, 3.63) is 42.6 Å². The van der Waals surface area contributed by atoms with Crippen molar-refractivity contribution >= 4 is 49.8 Å². The Balaban J connectivity index is 2.01. The molecular weight excluding hydrogens is 472 g/mol. The number of aryl methyl sites for hydroxylation is 3. The number of carbonyl (C=O) groups excluding carboxylic acids is 2. The number of rotatable bonds is 9. The summed E-state index contributed by atoms with van der Waals surface area (Å²) in [5.74, 6) is -0.297. The van der Waals surface area contributed by atoms with E-state index in [1.807, 2.05) is 27.7 Å². The Kier molecular flexibility index (Phi) is 8.27. The molecule has 0 unspecified atom stereocenters. The average molecular weight is 505 g/mol. The number of carbonyl (C=O) groups is 2. The van der Waals surface area contributed by atoms with Crippen LogP contribution in [0.15, 0.2) is 4.79 Å². The standard InChI is InChI=1S/C24H32N4O4S2/c1-8-27(9-2)11-17-25-21-19(13(4)15(6)33-21)23(30)28(17)12-18(29)26-22-20(24(31)32-10-3)14(5)16(7)34-22/h8-12H2,1-7H3,(H,26,29). The van der Waals surface area contributed by atoms with Crippen molar-refractivity contribution in [1.29, 1.82) is 0 Å². The van der Waals surface area contributed by atoms with E-state index in [2.05, 4.69) is 24.1 Å². The fourth-order valence-electron chi connectivity index (χ4n) is 3.77. The largest absolute Gasteiger partial charge is 0.462 e. The molecule has 3 heterocycles. The van der Waals surface area contributed by atoms with Gasteiger partial charge in [0, 0.05) is 9.75 Å². The molecule has 3 aromatic rings.